The van der Waals surface area contributed by atoms with Crippen LogP contribution in [0.2, 0.25) is 0 Å². The van der Waals surface area contributed by atoms with Gasteiger partial charge in [0.05, 0.1) is 6.10 Å². The van der Waals surface area contributed by atoms with E-state index in [2.05, 4.69) is 22.1 Å². The summed E-state index contributed by atoms with van der Waals surface area (Å²) in [4.78, 5) is 32.7. The minimum Gasteiger partial charge on any atom is -0.393 e. The molecule has 1 fully saturated rings. The number of aromatic amines is 1. The number of amides is 1. The van der Waals surface area contributed by atoms with Gasteiger partial charge >= 0.3 is 0 Å². The second-order valence-corrected chi connectivity index (χ2v) is 6.93. The van der Waals surface area contributed by atoms with Gasteiger partial charge in [-0.2, -0.15) is 0 Å². The third kappa shape index (κ3) is 4.38. The number of aromatic nitrogens is 2. The van der Waals surface area contributed by atoms with E-state index in [-0.39, 0.29) is 23.5 Å². The van der Waals surface area contributed by atoms with Crippen molar-refractivity contribution < 1.29 is 9.90 Å². The van der Waals surface area contributed by atoms with E-state index in [9.17, 15) is 14.7 Å². The Balaban J connectivity index is 1.52. The normalized spacial score (nSPS) is 16.5. The maximum Gasteiger partial charge on any atom is 0.263 e. The van der Waals surface area contributed by atoms with Crippen molar-refractivity contribution in [1.82, 2.24) is 14.9 Å². The average Bonchev–Trinajstić information content (AvgIpc) is 2.66. The van der Waals surface area contributed by atoms with Crippen LogP contribution in [0.4, 0.5) is 0 Å². The maximum atomic E-state index is 12.5. The summed E-state index contributed by atoms with van der Waals surface area (Å²) in [5.74, 6) is 0.403. The average molecular weight is 355 g/mol. The Bertz CT molecular complexity index is 795. The number of aliphatic hydroxyl groups is 1. The number of aryl methyl sites for hydroxylation is 2. The number of aliphatic hydroxyl groups excluding tert-OH is 1. The molecule has 0 radical (unpaired) electrons. The van der Waals surface area contributed by atoms with Gasteiger partial charge in [-0.3, -0.25) is 9.59 Å². The van der Waals surface area contributed by atoms with Crippen LogP contribution < -0.4 is 5.56 Å². The topological polar surface area (TPSA) is 86.3 Å². The van der Waals surface area contributed by atoms with Crippen LogP contribution >= 0.6 is 0 Å². The molecule has 26 heavy (non-hydrogen) atoms. The smallest absolute Gasteiger partial charge is 0.263 e. The third-order valence-electron chi connectivity index (χ3n) is 5.10. The molecule has 0 aliphatic carbocycles. The first kappa shape index (κ1) is 18.3. The molecule has 6 heteroatoms. The minimum absolute atomic E-state index is 0.0821. The standard InChI is InChI=1S/C20H25N3O3/c1-14-21-13-17(19(25)22-14)20(26)23-11-9-16(10-12-23)18(24)8-7-15-5-3-2-4-6-15/h2-6,13,16,18,24H,7-12H2,1H3,(H,21,22,25)/t18-/m1/s1. The van der Waals surface area contributed by atoms with Crippen molar-refractivity contribution in [2.45, 2.75) is 38.7 Å². The summed E-state index contributed by atoms with van der Waals surface area (Å²) in [6.07, 6.45) is 4.06. The lowest BCUT2D eigenvalue weighted by Crippen LogP contribution is -2.43. The van der Waals surface area contributed by atoms with Crippen LogP contribution in [0.25, 0.3) is 0 Å². The zero-order valence-electron chi connectivity index (χ0n) is 15.0. The summed E-state index contributed by atoms with van der Waals surface area (Å²) in [7, 11) is 0. The number of carbonyl (C=O) groups excluding carboxylic acids is 1. The van der Waals surface area contributed by atoms with Gasteiger partial charge in [-0.25, -0.2) is 4.98 Å². The van der Waals surface area contributed by atoms with E-state index in [0.29, 0.717) is 18.9 Å². The Labute approximate surface area is 152 Å². The first-order valence-electron chi connectivity index (χ1n) is 9.12. The molecule has 2 aromatic rings. The number of carbonyl (C=O) groups is 1. The molecule has 138 valence electrons. The molecule has 2 N–H and O–H groups in total. The highest BCUT2D eigenvalue weighted by Gasteiger charge is 2.28. The molecule has 1 amide bonds. The van der Waals surface area contributed by atoms with Gasteiger partial charge in [0.1, 0.15) is 11.4 Å². The molecule has 0 saturated carbocycles. The van der Waals surface area contributed by atoms with E-state index in [4.69, 9.17) is 0 Å². The Morgan fingerprint density at radius 2 is 2.00 bits per heavy atom. The van der Waals surface area contributed by atoms with Crippen LogP contribution in [0.3, 0.4) is 0 Å². The number of hydrogen-bond donors (Lipinski definition) is 2. The SMILES string of the molecule is Cc1ncc(C(=O)N2CCC([C@H](O)CCc3ccccc3)CC2)c(=O)[nH]1. The predicted molar refractivity (Wildman–Crippen MR) is 99.0 cm³/mol. The second kappa shape index (κ2) is 8.27. The van der Waals surface area contributed by atoms with Crippen molar-refractivity contribution in [3.8, 4) is 0 Å². The second-order valence-electron chi connectivity index (χ2n) is 6.93. The van der Waals surface area contributed by atoms with E-state index >= 15 is 0 Å². The summed E-state index contributed by atoms with van der Waals surface area (Å²) >= 11 is 0. The zero-order valence-corrected chi connectivity index (χ0v) is 15.0. The number of piperidine rings is 1. The molecule has 3 rings (SSSR count). The predicted octanol–water partition coefficient (Wildman–Crippen LogP) is 1.92. The van der Waals surface area contributed by atoms with Crippen LogP contribution in [0.5, 0.6) is 0 Å². The van der Waals surface area contributed by atoms with Crippen molar-refractivity contribution in [2.24, 2.45) is 5.92 Å². The van der Waals surface area contributed by atoms with Gasteiger partial charge in [0.25, 0.3) is 11.5 Å². The van der Waals surface area contributed by atoms with E-state index in [0.717, 1.165) is 25.7 Å². The molecule has 6 nitrogen and oxygen atoms in total. The molecule has 2 heterocycles. The molecule has 0 spiro atoms. The number of nitrogens with one attached hydrogen (secondary N) is 1. The third-order valence-corrected chi connectivity index (χ3v) is 5.10. The van der Waals surface area contributed by atoms with E-state index in [1.807, 2.05) is 18.2 Å². The largest absolute Gasteiger partial charge is 0.393 e. The summed E-state index contributed by atoms with van der Waals surface area (Å²) in [5.41, 5.74) is 0.913. The van der Waals surface area contributed by atoms with E-state index in [1.54, 1.807) is 11.8 Å². The lowest BCUT2D eigenvalue weighted by Gasteiger charge is -2.34. The van der Waals surface area contributed by atoms with Crippen LogP contribution in [0.15, 0.2) is 41.3 Å². The molecule has 0 unspecified atom stereocenters. The fourth-order valence-corrected chi connectivity index (χ4v) is 3.49. The Kier molecular flexibility index (Phi) is 5.83. The summed E-state index contributed by atoms with van der Waals surface area (Å²) in [6, 6.07) is 10.1. The molecule has 1 saturated heterocycles. The fourth-order valence-electron chi connectivity index (χ4n) is 3.49. The zero-order chi connectivity index (χ0) is 18.5. The molecular formula is C20H25N3O3. The van der Waals surface area contributed by atoms with Crippen LogP contribution in [0, 0.1) is 12.8 Å². The summed E-state index contributed by atoms with van der Waals surface area (Å²) in [5, 5.41) is 10.5. The van der Waals surface area contributed by atoms with Gasteiger partial charge in [0.2, 0.25) is 0 Å². The highest BCUT2D eigenvalue weighted by molar-refractivity contribution is 5.93. The monoisotopic (exact) mass is 355 g/mol. The molecule has 0 bridgehead atoms. The number of nitrogens with zero attached hydrogens (tertiary/aromatic N) is 2. The number of rotatable bonds is 5. The fraction of sp³-hybridized carbons (Fsp3) is 0.450. The Morgan fingerprint density at radius 1 is 1.31 bits per heavy atom. The molecule has 1 aliphatic heterocycles. The highest BCUT2D eigenvalue weighted by atomic mass is 16.3. The lowest BCUT2D eigenvalue weighted by atomic mass is 9.88. The molecule has 1 aromatic heterocycles. The summed E-state index contributed by atoms with van der Waals surface area (Å²) in [6.45, 7) is 2.79. The quantitative estimate of drug-likeness (QED) is 0.858. The van der Waals surface area contributed by atoms with E-state index in [1.165, 1.54) is 11.8 Å². The van der Waals surface area contributed by atoms with Gasteiger partial charge in [0.15, 0.2) is 0 Å². The van der Waals surface area contributed by atoms with Crippen LogP contribution in [0.1, 0.15) is 41.0 Å². The molecular weight excluding hydrogens is 330 g/mol. The molecule has 1 aliphatic rings. The van der Waals surface area contributed by atoms with Gasteiger partial charge in [-0.15, -0.1) is 0 Å². The van der Waals surface area contributed by atoms with Crippen molar-refractivity contribution in [1.29, 1.82) is 0 Å². The number of hydrogen-bond acceptors (Lipinski definition) is 4. The summed E-state index contributed by atoms with van der Waals surface area (Å²) < 4.78 is 0. The van der Waals surface area contributed by atoms with Gasteiger partial charge < -0.3 is 15.0 Å². The van der Waals surface area contributed by atoms with Crippen molar-refractivity contribution in [3.05, 3.63) is 63.8 Å². The molecule has 1 aromatic carbocycles. The van der Waals surface area contributed by atoms with Gasteiger partial charge in [-0.1, -0.05) is 30.3 Å². The Morgan fingerprint density at radius 3 is 2.65 bits per heavy atom. The first-order valence-corrected chi connectivity index (χ1v) is 9.12. The lowest BCUT2D eigenvalue weighted by molar-refractivity contribution is 0.0435. The van der Waals surface area contributed by atoms with E-state index < -0.39 is 5.56 Å². The van der Waals surface area contributed by atoms with Gasteiger partial charge in [0, 0.05) is 19.3 Å². The minimum atomic E-state index is -0.396. The Hall–Kier alpha value is -2.47. The van der Waals surface area contributed by atoms with Crippen molar-refractivity contribution in [2.75, 3.05) is 13.1 Å². The first-order chi connectivity index (χ1) is 12.5. The maximum absolute atomic E-state index is 12.5. The van der Waals surface area contributed by atoms with Crippen molar-refractivity contribution >= 4 is 5.91 Å². The van der Waals surface area contributed by atoms with Crippen molar-refractivity contribution in [3.63, 3.8) is 0 Å². The highest BCUT2D eigenvalue weighted by Crippen LogP contribution is 2.24. The molecule has 1 atom stereocenters. The van der Waals surface area contributed by atoms with Gasteiger partial charge in [-0.05, 0) is 44.1 Å². The number of benzene rings is 1. The van der Waals surface area contributed by atoms with Crippen LogP contribution in [-0.4, -0.2) is 45.1 Å². The van der Waals surface area contributed by atoms with Crippen LogP contribution in [-0.2, 0) is 6.42 Å². The number of likely N-dealkylation sites (tertiary alicyclic amines) is 1. The number of H-pyrrole nitrogens is 1.